The molecule has 15 heavy (non-hydrogen) atoms. The average Bonchev–Trinajstić information content (AvgIpc) is 2.19. The molecule has 0 saturated carbocycles. The molecule has 0 unspecified atom stereocenters. The van der Waals surface area contributed by atoms with Crippen LogP contribution in [0.2, 0.25) is 0 Å². The Bertz CT molecular complexity index is 519. The van der Waals surface area contributed by atoms with Crippen molar-refractivity contribution in [1.29, 1.82) is 0 Å². The molecule has 78 valence electrons. The molecule has 0 aliphatic rings. The van der Waals surface area contributed by atoms with Crippen molar-refractivity contribution in [2.24, 2.45) is 5.73 Å². The number of carbonyl (C=O) groups excluding carboxylic acids is 1. The maximum atomic E-state index is 11.2. The van der Waals surface area contributed by atoms with Crippen LogP contribution in [0.5, 0.6) is 0 Å². The number of nitrogens with two attached hydrogens (primary N) is 1. The Balaban J connectivity index is 0.000000337. The zero-order valence-electron chi connectivity index (χ0n) is 8.23. The molecule has 2 rings (SSSR count). The summed E-state index contributed by atoms with van der Waals surface area (Å²) in [4.78, 5) is 26.4. The number of nitrogens with one attached hydrogen (secondary N) is 1. The molecule has 2 aromatic rings. The average molecular weight is 205 g/mol. The van der Waals surface area contributed by atoms with Gasteiger partial charge in [0.25, 0.3) is 5.56 Å². The summed E-state index contributed by atoms with van der Waals surface area (Å²) in [6, 6.07) is 5.58. The van der Waals surface area contributed by atoms with Gasteiger partial charge in [-0.3, -0.25) is 9.59 Å². The lowest BCUT2D eigenvalue weighted by atomic mass is 10.2. The summed E-state index contributed by atoms with van der Waals surface area (Å²) >= 11 is 0. The largest absolute Gasteiger partial charge is 0.372 e. The van der Waals surface area contributed by atoms with Crippen molar-refractivity contribution in [3.8, 4) is 0 Å². The van der Waals surface area contributed by atoms with E-state index < -0.39 is 0 Å². The van der Waals surface area contributed by atoms with Crippen molar-refractivity contribution in [3.05, 3.63) is 40.4 Å². The lowest BCUT2D eigenvalue weighted by molar-refractivity contribution is -0.106. The summed E-state index contributed by atoms with van der Waals surface area (Å²) in [6.45, 7) is 1.97. The number of benzene rings is 1. The van der Waals surface area contributed by atoms with Gasteiger partial charge in [0, 0.05) is 0 Å². The summed E-state index contributed by atoms with van der Waals surface area (Å²) in [5.74, 6) is 0. The van der Waals surface area contributed by atoms with Gasteiger partial charge in [0.2, 0.25) is 6.41 Å². The monoisotopic (exact) mass is 205 g/mol. The second kappa shape index (κ2) is 4.90. The van der Waals surface area contributed by atoms with Crippen molar-refractivity contribution >= 4 is 17.3 Å². The highest BCUT2D eigenvalue weighted by molar-refractivity contribution is 5.77. The molecule has 0 aliphatic heterocycles. The molecule has 0 radical (unpaired) electrons. The van der Waals surface area contributed by atoms with E-state index in [1.807, 2.05) is 19.1 Å². The minimum atomic E-state index is -0.0833. The number of nitrogens with zero attached hydrogens (tertiary/aromatic N) is 1. The van der Waals surface area contributed by atoms with Crippen LogP contribution in [-0.4, -0.2) is 16.4 Å². The highest BCUT2D eigenvalue weighted by Gasteiger charge is 1.97. The van der Waals surface area contributed by atoms with Crippen LogP contribution < -0.4 is 11.3 Å². The fourth-order valence-electron chi connectivity index (χ4n) is 1.18. The maximum absolute atomic E-state index is 11.2. The number of rotatable bonds is 0. The first-order valence-corrected chi connectivity index (χ1v) is 4.28. The Kier molecular flexibility index (Phi) is 3.56. The maximum Gasteiger partial charge on any atom is 0.258 e. The Morgan fingerprint density at radius 2 is 2.13 bits per heavy atom. The number of hydrogen-bond donors (Lipinski definition) is 2. The fraction of sp³-hybridized carbons (Fsp3) is 0.100. The van der Waals surface area contributed by atoms with Gasteiger partial charge in [0.15, 0.2) is 0 Å². The molecule has 0 aliphatic carbocycles. The van der Waals surface area contributed by atoms with E-state index in [9.17, 15) is 4.79 Å². The molecule has 1 heterocycles. The minimum Gasteiger partial charge on any atom is -0.372 e. The number of H-pyrrole nitrogens is 1. The number of aromatic amines is 1. The quantitative estimate of drug-likeness (QED) is 0.607. The van der Waals surface area contributed by atoms with Gasteiger partial charge in [-0.05, 0) is 24.6 Å². The van der Waals surface area contributed by atoms with Gasteiger partial charge in [-0.2, -0.15) is 0 Å². The summed E-state index contributed by atoms with van der Waals surface area (Å²) in [6.07, 6.45) is 1.67. The zero-order valence-corrected chi connectivity index (χ0v) is 8.23. The molecule has 0 bridgehead atoms. The third-order valence-electron chi connectivity index (χ3n) is 1.80. The van der Waals surface area contributed by atoms with Crippen LogP contribution in [0, 0.1) is 6.92 Å². The first-order chi connectivity index (χ1) is 7.19. The van der Waals surface area contributed by atoms with Crippen LogP contribution in [0.15, 0.2) is 29.3 Å². The number of fused-ring (bicyclic) bond motifs is 1. The zero-order chi connectivity index (χ0) is 11.3. The molecule has 0 spiro atoms. The smallest absolute Gasteiger partial charge is 0.258 e. The van der Waals surface area contributed by atoms with E-state index in [-0.39, 0.29) is 12.0 Å². The summed E-state index contributed by atoms with van der Waals surface area (Å²) < 4.78 is 0. The van der Waals surface area contributed by atoms with E-state index in [1.54, 1.807) is 6.07 Å². The van der Waals surface area contributed by atoms with E-state index in [0.29, 0.717) is 5.39 Å². The van der Waals surface area contributed by atoms with Crippen LogP contribution in [0.4, 0.5) is 0 Å². The Morgan fingerprint density at radius 3 is 2.80 bits per heavy atom. The predicted octanol–water partition coefficient (Wildman–Crippen LogP) is 0.333. The number of aryl methyl sites for hydroxylation is 1. The van der Waals surface area contributed by atoms with Crippen LogP contribution in [0.3, 0.4) is 0 Å². The molecule has 1 aromatic heterocycles. The summed E-state index contributed by atoms with van der Waals surface area (Å²) in [5, 5.41) is 0.642. The van der Waals surface area contributed by atoms with E-state index in [4.69, 9.17) is 4.79 Å². The first kappa shape index (κ1) is 10.9. The SMILES string of the molecule is Cc1ccc2c(=O)[nH]cnc2c1.NC=O. The van der Waals surface area contributed by atoms with Crippen LogP contribution in [0.25, 0.3) is 10.9 Å². The van der Waals surface area contributed by atoms with E-state index in [2.05, 4.69) is 15.7 Å². The molecule has 1 aromatic carbocycles. The lowest BCUT2D eigenvalue weighted by Gasteiger charge is -1.95. The normalized spacial score (nSPS) is 9.13. The standard InChI is InChI=1S/C9H8N2O.CH3NO/c1-6-2-3-7-8(4-6)10-5-11-9(7)12;2-1-3/h2-5H,1H3,(H,10,11,12);1H,(H2,2,3). The van der Waals surface area contributed by atoms with Gasteiger partial charge in [0.1, 0.15) is 0 Å². The third kappa shape index (κ3) is 2.63. The number of carbonyl (C=O) groups is 1. The molecule has 0 atom stereocenters. The van der Waals surface area contributed by atoms with Gasteiger partial charge < -0.3 is 10.7 Å². The highest BCUT2D eigenvalue weighted by atomic mass is 16.1. The first-order valence-electron chi connectivity index (χ1n) is 4.28. The van der Waals surface area contributed by atoms with Crippen molar-refractivity contribution in [1.82, 2.24) is 9.97 Å². The van der Waals surface area contributed by atoms with Crippen molar-refractivity contribution in [2.75, 3.05) is 0 Å². The van der Waals surface area contributed by atoms with Gasteiger partial charge in [0.05, 0.1) is 17.2 Å². The Morgan fingerprint density at radius 1 is 1.47 bits per heavy atom. The van der Waals surface area contributed by atoms with Gasteiger partial charge in [-0.25, -0.2) is 4.98 Å². The van der Waals surface area contributed by atoms with Crippen LogP contribution >= 0.6 is 0 Å². The third-order valence-corrected chi connectivity index (χ3v) is 1.80. The van der Waals surface area contributed by atoms with E-state index in [0.717, 1.165) is 11.1 Å². The van der Waals surface area contributed by atoms with E-state index >= 15 is 0 Å². The van der Waals surface area contributed by atoms with Gasteiger partial charge in [-0.1, -0.05) is 6.07 Å². The van der Waals surface area contributed by atoms with Crippen LogP contribution in [-0.2, 0) is 4.79 Å². The molecule has 5 heteroatoms. The number of amides is 1. The second-order valence-electron chi connectivity index (χ2n) is 2.89. The topological polar surface area (TPSA) is 88.8 Å². The molecule has 1 amide bonds. The second-order valence-corrected chi connectivity index (χ2v) is 2.89. The number of aromatic nitrogens is 2. The lowest BCUT2D eigenvalue weighted by Crippen LogP contribution is -2.05. The summed E-state index contributed by atoms with van der Waals surface area (Å²) in [7, 11) is 0. The number of primary amides is 1. The molecule has 5 nitrogen and oxygen atoms in total. The Hall–Kier alpha value is -2.17. The van der Waals surface area contributed by atoms with Crippen molar-refractivity contribution in [2.45, 2.75) is 6.92 Å². The molecular weight excluding hydrogens is 194 g/mol. The minimum absolute atomic E-state index is 0.0833. The molecule has 0 saturated heterocycles. The molecular formula is C10H11N3O2. The molecule has 0 fully saturated rings. The predicted molar refractivity (Wildman–Crippen MR) is 57.4 cm³/mol. The number of hydrogen-bond acceptors (Lipinski definition) is 3. The fourth-order valence-corrected chi connectivity index (χ4v) is 1.18. The highest BCUT2D eigenvalue weighted by Crippen LogP contribution is 2.07. The van der Waals surface area contributed by atoms with Crippen molar-refractivity contribution in [3.63, 3.8) is 0 Å². The summed E-state index contributed by atoms with van der Waals surface area (Å²) in [5.41, 5.74) is 5.94. The molecule has 3 N–H and O–H groups in total. The van der Waals surface area contributed by atoms with Gasteiger partial charge >= 0.3 is 0 Å². The van der Waals surface area contributed by atoms with Gasteiger partial charge in [-0.15, -0.1) is 0 Å². The van der Waals surface area contributed by atoms with Crippen molar-refractivity contribution < 1.29 is 4.79 Å². The van der Waals surface area contributed by atoms with E-state index in [1.165, 1.54) is 6.33 Å². The van der Waals surface area contributed by atoms with Crippen LogP contribution in [0.1, 0.15) is 5.56 Å². The Labute approximate surface area is 86.0 Å².